The first kappa shape index (κ1) is 11.8. The first-order valence-corrected chi connectivity index (χ1v) is 9.48. The third kappa shape index (κ3) is 15.7. The zero-order chi connectivity index (χ0) is 6.83. The SMILES string of the molecule is [CH2-]CCCCF.[Zn+][Br]. The van der Waals surface area contributed by atoms with Gasteiger partial charge in [-0.2, -0.15) is 6.42 Å². The first-order valence-electron chi connectivity index (χ1n) is 2.53. The van der Waals surface area contributed by atoms with Crippen molar-refractivity contribution in [1.29, 1.82) is 0 Å². The topological polar surface area (TPSA) is 0 Å². The Bertz CT molecular complexity index is 24.4. The quantitative estimate of drug-likeness (QED) is 0.400. The Hall–Kier alpha value is 1.03. The second kappa shape index (κ2) is 15.7. The van der Waals surface area contributed by atoms with Crippen molar-refractivity contribution in [3.8, 4) is 0 Å². The Morgan fingerprint density at radius 2 is 1.88 bits per heavy atom. The summed E-state index contributed by atoms with van der Waals surface area (Å²) in [4.78, 5) is 0. The summed E-state index contributed by atoms with van der Waals surface area (Å²) in [7, 11) is 0. The molecule has 0 radical (unpaired) electrons. The van der Waals surface area contributed by atoms with Crippen molar-refractivity contribution in [2.24, 2.45) is 0 Å². The third-order valence-corrected chi connectivity index (χ3v) is 0.634. The van der Waals surface area contributed by atoms with E-state index >= 15 is 0 Å². The Morgan fingerprint density at radius 1 is 1.38 bits per heavy atom. The molecule has 0 aromatic carbocycles. The van der Waals surface area contributed by atoms with Gasteiger partial charge in [-0.3, -0.25) is 4.39 Å². The van der Waals surface area contributed by atoms with Crippen molar-refractivity contribution < 1.29 is 20.7 Å². The number of halogens is 2. The predicted octanol–water partition coefficient (Wildman–Crippen LogP) is 2.80. The molecule has 8 heavy (non-hydrogen) atoms. The van der Waals surface area contributed by atoms with Gasteiger partial charge in [-0.25, -0.2) is 0 Å². The molecule has 0 aromatic heterocycles. The van der Waals surface area contributed by atoms with Crippen molar-refractivity contribution >= 4 is 13.6 Å². The maximum atomic E-state index is 11.2. The van der Waals surface area contributed by atoms with Gasteiger partial charge in [-0.15, -0.1) is 0 Å². The average molecular weight is 234 g/mol. The summed E-state index contributed by atoms with van der Waals surface area (Å²) in [5.74, 6) is 0. The molecule has 0 rings (SSSR count). The molecule has 0 atom stereocenters. The van der Waals surface area contributed by atoms with E-state index in [0.29, 0.717) is 6.42 Å². The summed E-state index contributed by atoms with van der Waals surface area (Å²) in [6, 6.07) is 0. The van der Waals surface area contributed by atoms with E-state index in [0.717, 1.165) is 12.8 Å². The van der Waals surface area contributed by atoms with Crippen molar-refractivity contribution in [3.05, 3.63) is 6.92 Å². The molecule has 0 heterocycles. The van der Waals surface area contributed by atoms with Crippen molar-refractivity contribution in [2.75, 3.05) is 6.67 Å². The van der Waals surface area contributed by atoms with E-state index in [4.69, 9.17) is 0 Å². The van der Waals surface area contributed by atoms with Crippen LogP contribution in [0.5, 0.6) is 0 Å². The molecule has 0 fully saturated rings. The normalized spacial score (nSPS) is 7.62. The first-order chi connectivity index (χ1) is 3.91. The molecule has 0 saturated carbocycles. The molecule has 0 saturated heterocycles. The van der Waals surface area contributed by atoms with E-state index in [9.17, 15) is 4.39 Å². The minimum atomic E-state index is -0.185. The zero-order valence-electron chi connectivity index (χ0n) is 5.00. The van der Waals surface area contributed by atoms with Gasteiger partial charge in [0.05, 0.1) is 6.67 Å². The van der Waals surface area contributed by atoms with E-state index in [1.165, 1.54) is 16.3 Å². The van der Waals surface area contributed by atoms with Gasteiger partial charge in [0, 0.05) is 0 Å². The van der Waals surface area contributed by atoms with E-state index in [2.05, 4.69) is 20.5 Å². The molecule has 0 aliphatic carbocycles. The summed E-state index contributed by atoms with van der Waals surface area (Å²) in [5.41, 5.74) is 0. The molecule has 0 bridgehead atoms. The Kier molecular flexibility index (Phi) is 23.1. The van der Waals surface area contributed by atoms with Crippen LogP contribution >= 0.6 is 13.6 Å². The van der Waals surface area contributed by atoms with Gasteiger partial charge in [-0.1, -0.05) is 6.42 Å². The van der Waals surface area contributed by atoms with E-state index < -0.39 is 0 Å². The predicted molar refractivity (Wildman–Crippen MR) is 34.1 cm³/mol. The number of unbranched alkanes of at least 4 members (excludes halogenated alkanes) is 2. The van der Waals surface area contributed by atoms with Gasteiger partial charge in [0.15, 0.2) is 0 Å². The number of hydrogen-bond donors (Lipinski definition) is 0. The monoisotopic (exact) mass is 232 g/mol. The number of alkyl halides is 1. The molecule has 0 amide bonds. The molecule has 0 aliphatic heterocycles. The van der Waals surface area contributed by atoms with Crippen molar-refractivity contribution in [1.82, 2.24) is 0 Å². The van der Waals surface area contributed by atoms with Crippen LogP contribution in [-0.2, 0) is 16.3 Å². The standard InChI is InChI=1S/C5H10F.BrH.Zn/c1-2-3-4-5-6;;/h1-5H2;1H;/q-1;;+2/p-1. The number of rotatable bonds is 3. The van der Waals surface area contributed by atoms with Crippen LogP contribution < -0.4 is 0 Å². The fraction of sp³-hybridized carbons (Fsp3) is 0.800. The van der Waals surface area contributed by atoms with Gasteiger partial charge in [0.2, 0.25) is 0 Å². The molecular weight excluding hydrogens is 224 g/mol. The number of hydrogen-bond acceptors (Lipinski definition) is 0. The van der Waals surface area contributed by atoms with Crippen molar-refractivity contribution in [3.63, 3.8) is 0 Å². The third-order valence-electron chi connectivity index (χ3n) is 0.634. The fourth-order valence-corrected chi connectivity index (χ4v) is 0.271. The van der Waals surface area contributed by atoms with Gasteiger partial charge in [-0.05, 0) is 6.42 Å². The van der Waals surface area contributed by atoms with Gasteiger partial charge >= 0.3 is 30.0 Å². The van der Waals surface area contributed by atoms with Crippen LogP contribution in [-0.4, -0.2) is 6.67 Å². The summed E-state index contributed by atoms with van der Waals surface area (Å²) in [6.07, 6.45) is 2.48. The van der Waals surface area contributed by atoms with Crippen LogP contribution in [0, 0.1) is 6.92 Å². The molecule has 0 spiro atoms. The van der Waals surface area contributed by atoms with E-state index in [1.807, 2.05) is 0 Å². The fourth-order valence-electron chi connectivity index (χ4n) is 0.271. The van der Waals surface area contributed by atoms with Crippen LogP contribution in [0.1, 0.15) is 19.3 Å². The van der Waals surface area contributed by atoms with E-state index in [-0.39, 0.29) is 6.67 Å². The molecule has 0 unspecified atom stereocenters. The van der Waals surface area contributed by atoms with Crippen LogP contribution in [0.2, 0.25) is 0 Å². The second-order valence-corrected chi connectivity index (χ2v) is 1.25. The van der Waals surface area contributed by atoms with Gasteiger partial charge < -0.3 is 6.92 Å². The zero-order valence-corrected chi connectivity index (χ0v) is 9.55. The van der Waals surface area contributed by atoms with Crippen LogP contribution in [0.4, 0.5) is 4.39 Å². The molecule has 0 aliphatic rings. The Balaban J connectivity index is 0. The Morgan fingerprint density at radius 3 is 2.00 bits per heavy atom. The average Bonchev–Trinajstić information content (AvgIpc) is 1.88. The van der Waals surface area contributed by atoms with Gasteiger partial charge in [0.1, 0.15) is 0 Å². The van der Waals surface area contributed by atoms with Crippen LogP contribution in [0.25, 0.3) is 0 Å². The molecule has 46 valence electrons. The van der Waals surface area contributed by atoms with Crippen LogP contribution in [0.3, 0.4) is 0 Å². The molecule has 3 heteroatoms. The summed E-state index contributed by atoms with van der Waals surface area (Å²) >= 11 is 4.25. The summed E-state index contributed by atoms with van der Waals surface area (Å²) in [6.45, 7) is 3.37. The molecule has 0 aromatic rings. The van der Waals surface area contributed by atoms with E-state index in [1.54, 1.807) is 0 Å². The summed E-state index contributed by atoms with van der Waals surface area (Å²) in [5, 5.41) is 0. The molecular formula is C5H10BrFZn. The summed E-state index contributed by atoms with van der Waals surface area (Å²) < 4.78 is 11.2. The molecule has 0 nitrogen and oxygen atoms in total. The van der Waals surface area contributed by atoms with Crippen molar-refractivity contribution in [2.45, 2.75) is 19.3 Å². The van der Waals surface area contributed by atoms with Crippen LogP contribution in [0.15, 0.2) is 0 Å². The molecule has 0 N–H and O–H groups in total. The van der Waals surface area contributed by atoms with Gasteiger partial charge in [0.25, 0.3) is 0 Å². The Labute approximate surface area is 67.3 Å². The second-order valence-electron chi connectivity index (χ2n) is 1.25. The minimum absolute atomic E-state index is 0.185. The maximum absolute atomic E-state index is 11.2.